The smallest absolute Gasteiger partial charge is 0.236 e. The van der Waals surface area contributed by atoms with Crippen LogP contribution in [-0.4, -0.2) is 31.4 Å². The highest BCUT2D eigenvalue weighted by molar-refractivity contribution is 5.77. The molecule has 1 N–H and O–H groups in total. The lowest BCUT2D eigenvalue weighted by Gasteiger charge is -2.18. The molecule has 1 atom stereocenters. The van der Waals surface area contributed by atoms with Crippen LogP contribution in [0.1, 0.15) is 24.9 Å². The fraction of sp³-hybridized carbons (Fsp3) is 0.462. The summed E-state index contributed by atoms with van der Waals surface area (Å²) in [6.45, 7) is 2.51. The molecular formula is C13H20N2O. The first-order valence-electron chi connectivity index (χ1n) is 5.63. The largest absolute Gasteiger partial charge is 0.348 e. The Morgan fingerprint density at radius 3 is 2.44 bits per heavy atom. The summed E-state index contributed by atoms with van der Waals surface area (Å²) in [5, 5.41) is 3.28. The van der Waals surface area contributed by atoms with Crippen LogP contribution in [0, 0.1) is 0 Å². The molecule has 0 fully saturated rings. The van der Waals surface area contributed by atoms with Crippen molar-refractivity contribution in [3.8, 4) is 0 Å². The highest BCUT2D eigenvalue weighted by Gasteiger charge is 2.10. The maximum absolute atomic E-state index is 11.5. The molecule has 0 saturated heterocycles. The van der Waals surface area contributed by atoms with Crippen LogP contribution in [-0.2, 0) is 4.79 Å². The summed E-state index contributed by atoms with van der Waals surface area (Å²) in [5.74, 6) is 0.106. The average Bonchev–Trinajstić information content (AvgIpc) is 2.30. The van der Waals surface area contributed by atoms with Gasteiger partial charge in [0.15, 0.2) is 0 Å². The molecule has 0 aromatic heterocycles. The summed E-state index contributed by atoms with van der Waals surface area (Å²) < 4.78 is 0. The Morgan fingerprint density at radius 2 is 1.94 bits per heavy atom. The topological polar surface area (TPSA) is 32.3 Å². The van der Waals surface area contributed by atoms with E-state index < -0.39 is 0 Å². The second-order valence-electron chi connectivity index (χ2n) is 4.04. The fourth-order valence-corrected chi connectivity index (χ4v) is 1.55. The minimum Gasteiger partial charge on any atom is -0.348 e. The van der Waals surface area contributed by atoms with Crippen molar-refractivity contribution in [3.63, 3.8) is 0 Å². The molecule has 1 rings (SSSR count). The Hall–Kier alpha value is -1.35. The third-order valence-electron chi connectivity index (χ3n) is 2.61. The number of nitrogens with one attached hydrogen (secondary N) is 1. The van der Waals surface area contributed by atoms with Crippen molar-refractivity contribution in [2.75, 3.05) is 20.6 Å². The average molecular weight is 220 g/mol. The predicted molar refractivity (Wildman–Crippen MR) is 66.2 cm³/mol. The van der Waals surface area contributed by atoms with E-state index in [-0.39, 0.29) is 11.9 Å². The Labute approximate surface area is 97.5 Å². The number of hydrogen-bond donors (Lipinski definition) is 1. The van der Waals surface area contributed by atoms with Crippen LogP contribution in [0.2, 0.25) is 0 Å². The zero-order valence-corrected chi connectivity index (χ0v) is 10.2. The molecular weight excluding hydrogens is 200 g/mol. The lowest BCUT2D eigenvalue weighted by molar-refractivity contribution is -0.127. The number of nitrogens with zero attached hydrogens (tertiary/aromatic N) is 1. The van der Waals surface area contributed by atoms with E-state index in [1.54, 1.807) is 19.0 Å². The molecule has 0 aliphatic rings. The Kier molecular flexibility index (Phi) is 4.99. The molecule has 0 aliphatic heterocycles. The van der Waals surface area contributed by atoms with E-state index in [0.717, 1.165) is 6.42 Å². The second-order valence-corrected chi connectivity index (χ2v) is 4.04. The Bertz CT molecular complexity index is 322. The van der Waals surface area contributed by atoms with Gasteiger partial charge in [-0.1, -0.05) is 37.3 Å². The Morgan fingerprint density at radius 1 is 1.31 bits per heavy atom. The van der Waals surface area contributed by atoms with Gasteiger partial charge in [0.05, 0.1) is 6.54 Å². The summed E-state index contributed by atoms with van der Waals surface area (Å²) in [7, 11) is 3.54. The van der Waals surface area contributed by atoms with Gasteiger partial charge < -0.3 is 10.2 Å². The highest BCUT2D eigenvalue weighted by atomic mass is 16.2. The molecule has 0 saturated carbocycles. The molecule has 16 heavy (non-hydrogen) atoms. The van der Waals surface area contributed by atoms with Crippen LogP contribution in [0.4, 0.5) is 0 Å². The van der Waals surface area contributed by atoms with Crippen LogP contribution in [0.15, 0.2) is 30.3 Å². The maximum atomic E-state index is 11.5. The maximum Gasteiger partial charge on any atom is 0.236 e. The number of carbonyl (C=O) groups excluding carboxylic acids is 1. The zero-order chi connectivity index (χ0) is 12.0. The molecule has 0 spiro atoms. The summed E-state index contributed by atoms with van der Waals surface area (Å²) in [5.41, 5.74) is 1.23. The quantitative estimate of drug-likeness (QED) is 0.821. The predicted octanol–water partition coefficient (Wildman–Crippen LogP) is 1.82. The normalized spacial score (nSPS) is 12.2. The summed E-state index contributed by atoms with van der Waals surface area (Å²) in [6.07, 6.45) is 0.977. The van der Waals surface area contributed by atoms with Crippen molar-refractivity contribution in [1.29, 1.82) is 0 Å². The Balaban J connectivity index is 2.54. The number of rotatable bonds is 5. The van der Waals surface area contributed by atoms with Crippen molar-refractivity contribution in [1.82, 2.24) is 10.2 Å². The number of likely N-dealkylation sites (N-methyl/N-ethyl adjacent to an activating group) is 1. The van der Waals surface area contributed by atoms with Crippen LogP contribution in [0.3, 0.4) is 0 Å². The number of carbonyl (C=O) groups is 1. The molecule has 1 amide bonds. The summed E-state index contributed by atoms with van der Waals surface area (Å²) in [4.78, 5) is 13.1. The van der Waals surface area contributed by atoms with Gasteiger partial charge in [-0.05, 0) is 12.0 Å². The van der Waals surface area contributed by atoms with Gasteiger partial charge in [0.25, 0.3) is 0 Å². The number of hydrogen-bond acceptors (Lipinski definition) is 2. The van der Waals surface area contributed by atoms with Crippen LogP contribution in [0.25, 0.3) is 0 Å². The number of amides is 1. The van der Waals surface area contributed by atoms with Gasteiger partial charge in [0, 0.05) is 20.1 Å². The van der Waals surface area contributed by atoms with E-state index in [9.17, 15) is 4.79 Å². The van der Waals surface area contributed by atoms with Gasteiger partial charge in [0.1, 0.15) is 0 Å². The molecule has 0 radical (unpaired) electrons. The molecule has 0 aliphatic carbocycles. The molecule has 0 heterocycles. The third kappa shape index (κ3) is 3.66. The molecule has 3 heteroatoms. The minimum atomic E-state index is 0.106. The standard InChI is InChI=1S/C13H20N2O/c1-4-12(11-8-6-5-7-9-11)14-10-13(16)15(2)3/h5-9,12,14H,4,10H2,1-3H3. The van der Waals surface area contributed by atoms with E-state index in [1.807, 2.05) is 18.2 Å². The molecule has 1 aromatic carbocycles. The third-order valence-corrected chi connectivity index (χ3v) is 2.61. The van der Waals surface area contributed by atoms with Crippen molar-refractivity contribution in [2.24, 2.45) is 0 Å². The van der Waals surface area contributed by atoms with Gasteiger partial charge in [0.2, 0.25) is 5.91 Å². The van der Waals surface area contributed by atoms with Crippen molar-refractivity contribution in [3.05, 3.63) is 35.9 Å². The highest BCUT2D eigenvalue weighted by Crippen LogP contribution is 2.15. The van der Waals surface area contributed by atoms with E-state index in [2.05, 4.69) is 24.4 Å². The van der Waals surface area contributed by atoms with Crippen molar-refractivity contribution in [2.45, 2.75) is 19.4 Å². The van der Waals surface area contributed by atoms with Crippen molar-refractivity contribution < 1.29 is 4.79 Å². The number of benzene rings is 1. The van der Waals surface area contributed by atoms with E-state index in [1.165, 1.54) is 5.56 Å². The zero-order valence-electron chi connectivity index (χ0n) is 10.2. The van der Waals surface area contributed by atoms with Gasteiger partial charge in [-0.15, -0.1) is 0 Å². The van der Waals surface area contributed by atoms with E-state index in [0.29, 0.717) is 6.54 Å². The van der Waals surface area contributed by atoms with Gasteiger partial charge in [-0.2, -0.15) is 0 Å². The fourth-order valence-electron chi connectivity index (χ4n) is 1.55. The summed E-state index contributed by atoms with van der Waals surface area (Å²) >= 11 is 0. The monoisotopic (exact) mass is 220 g/mol. The van der Waals surface area contributed by atoms with Gasteiger partial charge in [-0.3, -0.25) is 4.79 Å². The van der Waals surface area contributed by atoms with Crippen molar-refractivity contribution >= 4 is 5.91 Å². The first kappa shape index (κ1) is 12.7. The van der Waals surface area contributed by atoms with Crippen LogP contribution >= 0.6 is 0 Å². The van der Waals surface area contributed by atoms with Gasteiger partial charge >= 0.3 is 0 Å². The van der Waals surface area contributed by atoms with E-state index >= 15 is 0 Å². The second kappa shape index (κ2) is 6.28. The first-order valence-corrected chi connectivity index (χ1v) is 5.63. The minimum absolute atomic E-state index is 0.106. The molecule has 1 unspecified atom stereocenters. The first-order chi connectivity index (χ1) is 7.65. The molecule has 3 nitrogen and oxygen atoms in total. The van der Waals surface area contributed by atoms with E-state index in [4.69, 9.17) is 0 Å². The molecule has 0 bridgehead atoms. The lowest BCUT2D eigenvalue weighted by Crippen LogP contribution is -2.34. The van der Waals surface area contributed by atoms with Crippen LogP contribution in [0.5, 0.6) is 0 Å². The molecule has 1 aromatic rings. The SMILES string of the molecule is CCC(NCC(=O)N(C)C)c1ccccc1. The molecule has 88 valence electrons. The van der Waals surface area contributed by atoms with Gasteiger partial charge in [-0.25, -0.2) is 0 Å². The lowest BCUT2D eigenvalue weighted by atomic mass is 10.0. The van der Waals surface area contributed by atoms with Crippen LogP contribution < -0.4 is 5.32 Å². The summed E-state index contributed by atoms with van der Waals surface area (Å²) in [6, 6.07) is 10.5.